The minimum absolute atomic E-state index is 0.633. The second-order valence-electron chi connectivity index (χ2n) is 5.06. The number of rotatable bonds is 2. The highest BCUT2D eigenvalue weighted by Gasteiger charge is 2.21. The fourth-order valence-corrected chi connectivity index (χ4v) is 6.64. The van der Waals surface area contributed by atoms with Crippen LogP contribution < -0.4 is 0 Å². The zero-order chi connectivity index (χ0) is 12.2. The highest BCUT2D eigenvalue weighted by Crippen LogP contribution is 2.48. The molecule has 90 valence electrons. The van der Waals surface area contributed by atoms with Gasteiger partial charge < -0.3 is 0 Å². The minimum Gasteiger partial charge on any atom is -0.141 e. The Balaban J connectivity index is 2.41. The molecule has 0 aromatic carbocycles. The molecule has 17 heavy (non-hydrogen) atoms. The zero-order valence-corrected chi connectivity index (χ0v) is 13.0. The van der Waals surface area contributed by atoms with Gasteiger partial charge in [0.2, 0.25) is 0 Å². The Labute approximate surface area is 114 Å². The molecular weight excluding hydrogens is 264 g/mol. The van der Waals surface area contributed by atoms with Crippen LogP contribution in [0.3, 0.4) is 0 Å². The lowest BCUT2D eigenvalue weighted by Crippen LogP contribution is -1.92. The van der Waals surface area contributed by atoms with Crippen LogP contribution in [0.5, 0.6) is 0 Å². The first-order valence-electron chi connectivity index (χ1n) is 6.02. The molecule has 0 saturated carbocycles. The van der Waals surface area contributed by atoms with E-state index in [0.29, 0.717) is 11.8 Å². The van der Waals surface area contributed by atoms with Gasteiger partial charge in [0.1, 0.15) is 0 Å². The molecule has 0 N–H and O–H groups in total. The van der Waals surface area contributed by atoms with E-state index in [9.17, 15) is 0 Å². The van der Waals surface area contributed by atoms with Crippen molar-refractivity contribution in [2.24, 2.45) is 0 Å². The van der Waals surface area contributed by atoms with Gasteiger partial charge in [0.25, 0.3) is 0 Å². The van der Waals surface area contributed by atoms with Crippen LogP contribution in [-0.2, 0) is 0 Å². The van der Waals surface area contributed by atoms with Crippen LogP contribution in [-0.4, -0.2) is 0 Å². The molecule has 0 nitrogen and oxygen atoms in total. The Kier molecular flexibility index (Phi) is 2.80. The lowest BCUT2D eigenvalue weighted by molar-refractivity contribution is 0.816. The Morgan fingerprint density at radius 1 is 0.882 bits per heavy atom. The lowest BCUT2D eigenvalue weighted by atomic mass is 9.99. The first kappa shape index (κ1) is 11.7. The number of thiophene rings is 3. The summed E-state index contributed by atoms with van der Waals surface area (Å²) in [4.78, 5) is 1.59. The summed E-state index contributed by atoms with van der Waals surface area (Å²) in [5.74, 6) is 1.28. The Bertz CT molecular complexity index is 664. The summed E-state index contributed by atoms with van der Waals surface area (Å²) in [6.07, 6.45) is 0. The smallest absolute Gasteiger partial charge is 0.0635 e. The number of hydrogen-bond donors (Lipinski definition) is 0. The Hall–Kier alpha value is -0.380. The molecule has 0 aliphatic rings. The van der Waals surface area contributed by atoms with Gasteiger partial charge in [0.15, 0.2) is 0 Å². The van der Waals surface area contributed by atoms with E-state index in [0.717, 1.165) is 0 Å². The van der Waals surface area contributed by atoms with E-state index in [1.54, 1.807) is 15.1 Å². The van der Waals surface area contributed by atoms with Crippen molar-refractivity contribution >= 4 is 52.8 Å². The van der Waals surface area contributed by atoms with Crippen molar-refractivity contribution in [1.82, 2.24) is 0 Å². The van der Waals surface area contributed by atoms with E-state index in [2.05, 4.69) is 39.1 Å². The molecule has 3 aromatic rings. The van der Waals surface area contributed by atoms with Crippen LogP contribution in [0.2, 0.25) is 0 Å². The van der Waals surface area contributed by atoms with Crippen LogP contribution in [0.4, 0.5) is 0 Å². The first-order chi connectivity index (χ1) is 8.09. The molecule has 0 atom stereocenters. The molecule has 0 saturated heterocycles. The fourth-order valence-electron chi connectivity index (χ4n) is 2.33. The molecule has 3 heterocycles. The van der Waals surface area contributed by atoms with Crippen LogP contribution in [0.25, 0.3) is 18.8 Å². The summed E-state index contributed by atoms with van der Waals surface area (Å²) < 4.78 is 6.06. The highest BCUT2D eigenvalue weighted by atomic mass is 32.1. The molecule has 0 unspecified atom stereocenters. The third kappa shape index (κ3) is 1.67. The molecule has 0 radical (unpaired) electrons. The summed E-state index contributed by atoms with van der Waals surface area (Å²) in [6, 6.07) is 2.26. The highest BCUT2D eigenvalue weighted by molar-refractivity contribution is 7.38. The molecule has 3 aromatic heterocycles. The van der Waals surface area contributed by atoms with Gasteiger partial charge in [-0.25, -0.2) is 0 Å². The van der Waals surface area contributed by atoms with Crippen molar-refractivity contribution in [3.05, 3.63) is 21.9 Å². The summed E-state index contributed by atoms with van der Waals surface area (Å²) in [7, 11) is 0. The van der Waals surface area contributed by atoms with Crippen LogP contribution in [0.1, 0.15) is 50.0 Å². The molecule has 3 heteroatoms. The van der Waals surface area contributed by atoms with Gasteiger partial charge in [-0.05, 0) is 28.8 Å². The summed E-state index contributed by atoms with van der Waals surface area (Å²) in [5, 5.41) is 2.21. The maximum Gasteiger partial charge on any atom is 0.0635 e. The van der Waals surface area contributed by atoms with Gasteiger partial charge in [0, 0.05) is 9.58 Å². The topological polar surface area (TPSA) is 0 Å². The molecule has 0 aliphatic carbocycles. The molecule has 0 amide bonds. The van der Waals surface area contributed by atoms with E-state index in [4.69, 9.17) is 0 Å². The average Bonchev–Trinajstić information content (AvgIpc) is 2.84. The normalized spacial score (nSPS) is 12.6. The first-order valence-corrected chi connectivity index (χ1v) is 8.53. The minimum atomic E-state index is 0.633. The average molecular weight is 280 g/mol. The SMILES string of the molecule is CC(C)c1sc2c(sc3ccsc32)c1C(C)C. The van der Waals surface area contributed by atoms with Gasteiger partial charge in [-0.1, -0.05) is 27.7 Å². The van der Waals surface area contributed by atoms with E-state index < -0.39 is 0 Å². The van der Waals surface area contributed by atoms with Crippen molar-refractivity contribution in [3.8, 4) is 0 Å². The van der Waals surface area contributed by atoms with Gasteiger partial charge in [-0.3, -0.25) is 0 Å². The Morgan fingerprint density at radius 3 is 2.29 bits per heavy atom. The maximum absolute atomic E-state index is 2.32. The van der Waals surface area contributed by atoms with Gasteiger partial charge in [0.05, 0.1) is 14.1 Å². The maximum atomic E-state index is 2.32. The van der Waals surface area contributed by atoms with Crippen molar-refractivity contribution in [1.29, 1.82) is 0 Å². The third-order valence-electron chi connectivity index (χ3n) is 3.08. The molecular formula is C14H16S3. The predicted molar refractivity (Wildman–Crippen MR) is 83.3 cm³/mol. The van der Waals surface area contributed by atoms with Crippen molar-refractivity contribution in [2.45, 2.75) is 39.5 Å². The van der Waals surface area contributed by atoms with Crippen molar-refractivity contribution < 1.29 is 0 Å². The Morgan fingerprint density at radius 2 is 1.65 bits per heavy atom. The van der Waals surface area contributed by atoms with Crippen LogP contribution in [0, 0.1) is 0 Å². The zero-order valence-electron chi connectivity index (χ0n) is 10.5. The van der Waals surface area contributed by atoms with E-state index in [1.807, 2.05) is 34.0 Å². The fraction of sp³-hybridized carbons (Fsp3) is 0.429. The second-order valence-corrected chi connectivity index (χ2v) is 8.08. The lowest BCUT2D eigenvalue weighted by Gasteiger charge is -2.09. The van der Waals surface area contributed by atoms with Crippen LogP contribution in [0.15, 0.2) is 11.4 Å². The molecule has 0 aliphatic heterocycles. The molecule has 0 bridgehead atoms. The van der Waals surface area contributed by atoms with E-state index in [1.165, 1.54) is 14.1 Å². The van der Waals surface area contributed by atoms with E-state index >= 15 is 0 Å². The summed E-state index contributed by atoms with van der Waals surface area (Å²) in [6.45, 7) is 9.27. The number of fused-ring (bicyclic) bond motifs is 3. The number of hydrogen-bond acceptors (Lipinski definition) is 3. The van der Waals surface area contributed by atoms with Gasteiger partial charge in [-0.15, -0.1) is 34.0 Å². The van der Waals surface area contributed by atoms with Gasteiger partial charge in [-0.2, -0.15) is 0 Å². The van der Waals surface area contributed by atoms with Crippen molar-refractivity contribution in [2.75, 3.05) is 0 Å². The van der Waals surface area contributed by atoms with E-state index in [-0.39, 0.29) is 0 Å². The monoisotopic (exact) mass is 280 g/mol. The summed E-state index contributed by atoms with van der Waals surface area (Å²) in [5.41, 5.74) is 1.61. The molecule has 0 fully saturated rings. The largest absolute Gasteiger partial charge is 0.141 e. The third-order valence-corrected chi connectivity index (χ3v) is 7.11. The van der Waals surface area contributed by atoms with Gasteiger partial charge >= 0.3 is 0 Å². The van der Waals surface area contributed by atoms with Crippen molar-refractivity contribution in [3.63, 3.8) is 0 Å². The van der Waals surface area contributed by atoms with Crippen LogP contribution >= 0.6 is 34.0 Å². The second kappa shape index (κ2) is 4.08. The predicted octanol–water partition coefficient (Wildman–Crippen LogP) is 6.42. The molecule has 3 rings (SSSR count). The molecule has 0 spiro atoms. The quantitative estimate of drug-likeness (QED) is 0.508. The standard InChI is InChI=1S/C14H16S3/c1-7(2)10-11(8(3)4)17-14-12-9(5-6-15-12)16-13(10)14/h5-8H,1-4H3. The summed E-state index contributed by atoms with van der Waals surface area (Å²) >= 11 is 5.89.